The lowest BCUT2D eigenvalue weighted by Gasteiger charge is -2.31. The number of nitrogens with one attached hydrogen (secondary N) is 1. The second kappa shape index (κ2) is 9.62. The number of aromatic nitrogens is 3. The fourth-order valence-corrected chi connectivity index (χ4v) is 4.00. The minimum Gasteiger partial charge on any atom is -0.444 e. The van der Waals surface area contributed by atoms with Gasteiger partial charge in [0, 0.05) is 48.1 Å². The summed E-state index contributed by atoms with van der Waals surface area (Å²) in [7, 11) is 0. The van der Waals surface area contributed by atoms with Crippen LogP contribution in [0.15, 0.2) is 60.0 Å². The molecule has 2 aromatic heterocycles. The Balaban J connectivity index is 1.68. The molecule has 0 radical (unpaired) electrons. The number of rotatable bonds is 7. The highest BCUT2D eigenvalue weighted by atomic mass is 35.5. The van der Waals surface area contributed by atoms with E-state index in [2.05, 4.69) is 20.3 Å². The molecule has 0 bridgehead atoms. The summed E-state index contributed by atoms with van der Waals surface area (Å²) < 4.78 is 32.6. The Labute approximate surface area is 193 Å². The zero-order valence-electron chi connectivity index (χ0n) is 17.3. The molecule has 172 valence electrons. The van der Waals surface area contributed by atoms with Crippen molar-refractivity contribution in [1.82, 2.24) is 20.3 Å². The molecule has 1 aliphatic rings. The maximum Gasteiger partial charge on any atom is 0.250 e. The summed E-state index contributed by atoms with van der Waals surface area (Å²) in [5, 5.41) is 2.66. The summed E-state index contributed by atoms with van der Waals surface area (Å²) in [5.74, 6) is -3.87. The van der Waals surface area contributed by atoms with E-state index >= 15 is 0 Å². The average Bonchev–Trinajstić information content (AvgIpc) is 3.47. The molecule has 2 atom stereocenters. The first kappa shape index (κ1) is 22.8. The van der Waals surface area contributed by atoms with E-state index in [1.54, 1.807) is 30.5 Å². The van der Waals surface area contributed by atoms with Crippen LogP contribution >= 0.6 is 11.6 Å². The van der Waals surface area contributed by atoms with Gasteiger partial charge in [-0.15, -0.1) is 11.6 Å². The van der Waals surface area contributed by atoms with E-state index in [9.17, 15) is 18.4 Å². The van der Waals surface area contributed by atoms with Gasteiger partial charge in [-0.3, -0.25) is 14.5 Å². The first-order valence-corrected chi connectivity index (χ1v) is 10.7. The van der Waals surface area contributed by atoms with Crippen LogP contribution in [0.3, 0.4) is 0 Å². The fraction of sp³-hybridized carbons (Fsp3) is 0.318. The summed E-state index contributed by atoms with van der Waals surface area (Å²) in [6.07, 6.45) is 6.33. The molecule has 33 heavy (non-hydrogen) atoms. The molecule has 8 nitrogen and oxygen atoms in total. The zero-order valence-corrected chi connectivity index (χ0v) is 18.1. The minimum atomic E-state index is -2.83. The SMILES string of the molecule is O=C(N[C@@H]1CCC(F)(F)C1)C(c1cncnc1)N(C(=O)CCl)c1ccc(-c2cnco2)cc1. The van der Waals surface area contributed by atoms with Crippen molar-refractivity contribution in [2.75, 3.05) is 10.8 Å². The quantitative estimate of drug-likeness (QED) is 0.522. The van der Waals surface area contributed by atoms with Crippen LogP contribution in [0.1, 0.15) is 30.9 Å². The highest BCUT2D eigenvalue weighted by Crippen LogP contribution is 2.36. The molecule has 4 rings (SSSR count). The summed E-state index contributed by atoms with van der Waals surface area (Å²) >= 11 is 5.88. The van der Waals surface area contributed by atoms with Crippen LogP contribution < -0.4 is 10.2 Å². The van der Waals surface area contributed by atoms with Crippen molar-refractivity contribution in [1.29, 1.82) is 0 Å². The number of amides is 2. The number of alkyl halides is 3. The molecule has 1 fully saturated rings. The molecule has 1 saturated carbocycles. The molecule has 0 spiro atoms. The average molecular weight is 476 g/mol. The third-order valence-corrected chi connectivity index (χ3v) is 5.63. The fourth-order valence-electron chi connectivity index (χ4n) is 3.87. The number of halogens is 3. The lowest BCUT2D eigenvalue weighted by atomic mass is 10.0. The van der Waals surface area contributed by atoms with E-state index in [1.165, 1.54) is 30.0 Å². The lowest BCUT2D eigenvalue weighted by molar-refractivity contribution is -0.126. The Morgan fingerprint density at radius 3 is 2.48 bits per heavy atom. The Morgan fingerprint density at radius 1 is 1.18 bits per heavy atom. The summed E-state index contributed by atoms with van der Waals surface area (Å²) in [5.41, 5.74) is 1.41. The van der Waals surface area contributed by atoms with Gasteiger partial charge < -0.3 is 9.73 Å². The van der Waals surface area contributed by atoms with Crippen molar-refractivity contribution in [3.63, 3.8) is 0 Å². The predicted octanol–water partition coefficient (Wildman–Crippen LogP) is 3.75. The molecule has 1 aromatic carbocycles. The van der Waals surface area contributed by atoms with Gasteiger partial charge in [0.1, 0.15) is 18.2 Å². The van der Waals surface area contributed by atoms with Gasteiger partial charge in [0.05, 0.1) is 6.20 Å². The molecule has 1 N–H and O–H groups in total. The number of oxazole rings is 1. The normalized spacial score (nSPS) is 18.0. The molecule has 2 heterocycles. The number of nitrogens with zero attached hydrogens (tertiary/aromatic N) is 4. The van der Waals surface area contributed by atoms with Crippen LogP contribution in [0.2, 0.25) is 0 Å². The lowest BCUT2D eigenvalue weighted by Crippen LogP contribution is -2.47. The first-order chi connectivity index (χ1) is 15.9. The Bertz CT molecular complexity index is 1100. The van der Waals surface area contributed by atoms with Crippen molar-refractivity contribution in [3.8, 4) is 11.3 Å². The first-order valence-electron chi connectivity index (χ1n) is 10.2. The second-order valence-electron chi connectivity index (χ2n) is 7.69. The van der Waals surface area contributed by atoms with E-state index in [0.29, 0.717) is 22.6 Å². The van der Waals surface area contributed by atoms with Crippen molar-refractivity contribution < 1.29 is 22.8 Å². The molecule has 11 heteroatoms. The van der Waals surface area contributed by atoms with Gasteiger partial charge in [-0.25, -0.2) is 23.7 Å². The number of carbonyl (C=O) groups is 2. The van der Waals surface area contributed by atoms with Crippen LogP contribution in [0, 0.1) is 0 Å². The number of hydrogen-bond donors (Lipinski definition) is 1. The maximum atomic E-state index is 13.7. The van der Waals surface area contributed by atoms with Crippen LogP contribution in [0.25, 0.3) is 11.3 Å². The molecular weight excluding hydrogens is 456 g/mol. The molecule has 1 aliphatic carbocycles. The Kier molecular flexibility index (Phi) is 6.64. The zero-order chi connectivity index (χ0) is 23.4. The summed E-state index contributed by atoms with van der Waals surface area (Å²) in [6.45, 7) is 0. The molecule has 0 aliphatic heterocycles. The third-order valence-electron chi connectivity index (χ3n) is 5.40. The van der Waals surface area contributed by atoms with E-state index in [-0.39, 0.29) is 12.8 Å². The van der Waals surface area contributed by atoms with Crippen molar-refractivity contribution in [2.24, 2.45) is 0 Å². The highest BCUT2D eigenvalue weighted by Gasteiger charge is 2.42. The molecule has 1 unspecified atom stereocenters. The molecule has 2 amide bonds. The Hall–Kier alpha value is -3.40. The third kappa shape index (κ3) is 5.16. The number of carbonyl (C=O) groups excluding carboxylic acids is 2. The van der Waals surface area contributed by atoms with Crippen LogP contribution in [-0.4, -0.2) is 44.6 Å². The van der Waals surface area contributed by atoms with Gasteiger partial charge in [-0.05, 0) is 30.7 Å². The van der Waals surface area contributed by atoms with E-state index < -0.39 is 42.1 Å². The minimum absolute atomic E-state index is 0.145. The van der Waals surface area contributed by atoms with E-state index in [0.717, 1.165) is 0 Å². The summed E-state index contributed by atoms with van der Waals surface area (Å²) in [4.78, 5) is 39.2. The van der Waals surface area contributed by atoms with Crippen LogP contribution in [0.5, 0.6) is 0 Å². The topological polar surface area (TPSA) is 101 Å². The smallest absolute Gasteiger partial charge is 0.250 e. The number of benzene rings is 1. The van der Waals surface area contributed by atoms with Gasteiger partial charge in [-0.2, -0.15) is 0 Å². The highest BCUT2D eigenvalue weighted by molar-refractivity contribution is 6.29. The van der Waals surface area contributed by atoms with Gasteiger partial charge in [0.25, 0.3) is 0 Å². The Morgan fingerprint density at radius 2 is 1.91 bits per heavy atom. The standard InChI is InChI=1S/C22H20ClF2N5O3/c23-8-19(31)30(17-3-1-14(2-4-17)18-11-28-13-33-18)20(15-9-26-12-27-10-15)21(32)29-16-5-6-22(24,25)7-16/h1-4,9-13,16,20H,5-8H2,(H,29,32)/t16-,20?/m1/s1. The van der Waals surface area contributed by atoms with Crippen molar-refractivity contribution in [2.45, 2.75) is 37.3 Å². The van der Waals surface area contributed by atoms with Crippen LogP contribution in [0.4, 0.5) is 14.5 Å². The number of hydrogen-bond acceptors (Lipinski definition) is 6. The van der Waals surface area contributed by atoms with Gasteiger partial charge in [-0.1, -0.05) is 0 Å². The molecule has 0 saturated heterocycles. The summed E-state index contributed by atoms with van der Waals surface area (Å²) in [6, 6.07) is 4.77. The number of anilines is 1. The van der Waals surface area contributed by atoms with Gasteiger partial charge in [0.2, 0.25) is 17.7 Å². The van der Waals surface area contributed by atoms with Gasteiger partial charge in [0.15, 0.2) is 12.2 Å². The predicted molar refractivity (Wildman–Crippen MR) is 116 cm³/mol. The monoisotopic (exact) mass is 475 g/mol. The molecular formula is C22H20ClF2N5O3. The van der Waals surface area contributed by atoms with Crippen LogP contribution in [-0.2, 0) is 9.59 Å². The maximum absolute atomic E-state index is 13.7. The van der Waals surface area contributed by atoms with Gasteiger partial charge >= 0.3 is 0 Å². The largest absolute Gasteiger partial charge is 0.444 e. The van der Waals surface area contributed by atoms with E-state index in [1.807, 2.05) is 0 Å². The van der Waals surface area contributed by atoms with Crippen molar-refractivity contribution in [3.05, 3.63) is 61.1 Å². The second-order valence-corrected chi connectivity index (χ2v) is 7.96. The van der Waals surface area contributed by atoms with E-state index in [4.69, 9.17) is 16.0 Å². The molecule has 3 aromatic rings. The van der Waals surface area contributed by atoms with Crippen molar-refractivity contribution >= 4 is 29.1 Å².